The van der Waals surface area contributed by atoms with Gasteiger partial charge in [0.15, 0.2) is 0 Å². The molecule has 0 bridgehead atoms. The van der Waals surface area contributed by atoms with Gasteiger partial charge in [-0.25, -0.2) is 0 Å². The van der Waals surface area contributed by atoms with E-state index in [-0.39, 0.29) is 11.3 Å². The quantitative estimate of drug-likeness (QED) is 0.861. The molecule has 0 saturated carbocycles. The van der Waals surface area contributed by atoms with Gasteiger partial charge in [-0.1, -0.05) is 32.9 Å². The van der Waals surface area contributed by atoms with Gasteiger partial charge >= 0.3 is 0 Å². The first-order valence-electron chi connectivity index (χ1n) is 8.00. The maximum Gasteiger partial charge on any atom is 0.253 e. The predicted octanol–water partition coefficient (Wildman–Crippen LogP) is 2.81. The summed E-state index contributed by atoms with van der Waals surface area (Å²) in [6.07, 6.45) is 2.42. The predicted molar refractivity (Wildman–Crippen MR) is 85.6 cm³/mol. The smallest absolute Gasteiger partial charge is 0.253 e. The lowest BCUT2D eigenvalue weighted by atomic mass is 9.72. The van der Waals surface area contributed by atoms with Crippen LogP contribution in [0.1, 0.15) is 49.5 Å². The van der Waals surface area contributed by atoms with E-state index in [1.165, 1.54) is 18.4 Å². The number of carbonyl (C=O) groups is 1. The summed E-state index contributed by atoms with van der Waals surface area (Å²) >= 11 is 0. The van der Waals surface area contributed by atoms with Gasteiger partial charge in [0.05, 0.1) is 0 Å². The molecule has 1 spiro atoms. The molecule has 0 unspecified atom stereocenters. The molecule has 2 fully saturated rings. The number of carbonyl (C=O) groups excluding carboxylic acids is 1. The molecule has 3 rings (SSSR count). The Morgan fingerprint density at radius 3 is 2.19 bits per heavy atom. The van der Waals surface area contributed by atoms with E-state index in [4.69, 9.17) is 0 Å². The molecule has 2 saturated heterocycles. The summed E-state index contributed by atoms with van der Waals surface area (Å²) in [5.74, 6) is 0.194. The van der Waals surface area contributed by atoms with Crippen LogP contribution in [0.3, 0.4) is 0 Å². The zero-order chi connectivity index (χ0) is 15.1. The molecule has 1 aromatic rings. The molecule has 0 aromatic heterocycles. The number of benzene rings is 1. The van der Waals surface area contributed by atoms with Crippen LogP contribution in [0.25, 0.3) is 0 Å². The van der Waals surface area contributed by atoms with Crippen molar-refractivity contribution < 1.29 is 4.79 Å². The highest BCUT2D eigenvalue weighted by atomic mass is 16.2. The number of nitrogens with one attached hydrogen (secondary N) is 1. The topological polar surface area (TPSA) is 32.3 Å². The molecule has 21 heavy (non-hydrogen) atoms. The summed E-state index contributed by atoms with van der Waals surface area (Å²) < 4.78 is 0. The molecule has 114 valence electrons. The highest BCUT2D eigenvalue weighted by Crippen LogP contribution is 2.39. The first kappa shape index (κ1) is 14.6. The first-order valence-corrected chi connectivity index (χ1v) is 8.00. The standard InChI is InChI=1S/C18H26N2O/c1-17(2,3)15-6-4-14(5-7-15)16(21)20-12-18(13-20)8-10-19-11-9-18/h4-7,19H,8-13H2,1-3H3. The van der Waals surface area contributed by atoms with Gasteiger partial charge in [0, 0.05) is 24.1 Å². The normalized spacial score (nSPS) is 21.2. The Morgan fingerprint density at radius 2 is 1.67 bits per heavy atom. The maximum absolute atomic E-state index is 12.5. The van der Waals surface area contributed by atoms with E-state index in [2.05, 4.69) is 38.2 Å². The van der Waals surface area contributed by atoms with E-state index in [0.29, 0.717) is 5.41 Å². The molecule has 0 radical (unpaired) electrons. The third-order valence-corrected chi connectivity index (χ3v) is 5.00. The van der Waals surface area contributed by atoms with Crippen molar-refractivity contribution in [3.8, 4) is 0 Å². The molecule has 3 heteroatoms. The zero-order valence-electron chi connectivity index (χ0n) is 13.4. The van der Waals surface area contributed by atoms with Crippen molar-refractivity contribution in [3.63, 3.8) is 0 Å². The fourth-order valence-corrected chi connectivity index (χ4v) is 3.48. The van der Waals surface area contributed by atoms with Crippen molar-refractivity contribution in [2.45, 2.75) is 39.0 Å². The Hall–Kier alpha value is -1.35. The van der Waals surface area contributed by atoms with Gasteiger partial charge in [-0.15, -0.1) is 0 Å². The van der Waals surface area contributed by atoms with Gasteiger partial charge in [0.1, 0.15) is 0 Å². The second-order valence-electron chi connectivity index (χ2n) is 7.74. The largest absolute Gasteiger partial charge is 0.337 e. The molecule has 1 N–H and O–H groups in total. The van der Waals surface area contributed by atoms with Gasteiger partial charge in [-0.2, -0.15) is 0 Å². The van der Waals surface area contributed by atoms with Gasteiger partial charge < -0.3 is 10.2 Å². The Morgan fingerprint density at radius 1 is 1.10 bits per heavy atom. The van der Waals surface area contributed by atoms with Crippen molar-refractivity contribution >= 4 is 5.91 Å². The van der Waals surface area contributed by atoms with Crippen LogP contribution in [0.4, 0.5) is 0 Å². The number of hydrogen-bond acceptors (Lipinski definition) is 2. The van der Waals surface area contributed by atoms with Crippen LogP contribution < -0.4 is 5.32 Å². The number of hydrogen-bond donors (Lipinski definition) is 1. The summed E-state index contributed by atoms with van der Waals surface area (Å²) in [7, 11) is 0. The summed E-state index contributed by atoms with van der Waals surface area (Å²) in [5, 5.41) is 3.40. The molecule has 3 nitrogen and oxygen atoms in total. The third kappa shape index (κ3) is 2.84. The van der Waals surface area contributed by atoms with Gasteiger partial charge in [0.25, 0.3) is 5.91 Å². The van der Waals surface area contributed by atoms with Crippen LogP contribution in [0, 0.1) is 5.41 Å². The first-order chi connectivity index (χ1) is 9.90. The van der Waals surface area contributed by atoms with Gasteiger partial charge in [-0.05, 0) is 49.0 Å². The zero-order valence-corrected chi connectivity index (χ0v) is 13.4. The van der Waals surface area contributed by atoms with Crippen LogP contribution in [0.2, 0.25) is 0 Å². The number of likely N-dealkylation sites (tertiary alicyclic amines) is 1. The fourth-order valence-electron chi connectivity index (χ4n) is 3.48. The van der Waals surface area contributed by atoms with E-state index < -0.39 is 0 Å². The Balaban J connectivity index is 1.64. The second-order valence-corrected chi connectivity index (χ2v) is 7.74. The molecule has 2 aliphatic rings. The molecule has 2 aliphatic heterocycles. The summed E-state index contributed by atoms with van der Waals surface area (Å²) in [6.45, 7) is 10.7. The van der Waals surface area contributed by atoms with Crippen LogP contribution in [-0.4, -0.2) is 37.0 Å². The lowest BCUT2D eigenvalue weighted by Gasteiger charge is -2.52. The minimum absolute atomic E-state index is 0.136. The summed E-state index contributed by atoms with van der Waals surface area (Å²) in [5.41, 5.74) is 2.65. The molecular weight excluding hydrogens is 260 g/mol. The van der Waals surface area contributed by atoms with E-state index in [9.17, 15) is 4.79 Å². The Bertz CT molecular complexity index is 513. The van der Waals surface area contributed by atoms with E-state index in [0.717, 1.165) is 31.7 Å². The minimum atomic E-state index is 0.136. The van der Waals surface area contributed by atoms with Crippen molar-refractivity contribution in [1.29, 1.82) is 0 Å². The van der Waals surface area contributed by atoms with Crippen molar-refractivity contribution in [2.75, 3.05) is 26.2 Å². The number of nitrogens with zero attached hydrogens (tertiary/aromatic N) is 1. The molecular formula is C18H26N2O. The number of amides is 1. The lowest BCUT2D eigenvalue weighted by Crippen LogP contribution is -2.61. The summed E-state index contributed by atoms with van der Waals surface area (Å²) in [4.78, 5) is 14.5. The maximum atomic E-state index is 12.5. The monoisotopic (exact) mass is 286 g/mol. The van der Waals surface area contributed by atoms with Gasteiger partial charge in [-0.3, -0.25) is 4.79 Å². The molecule has 0 atom stereocenters. The van der Waals surface area contributed by atoms with E-state index in [1.54, 1.807) is 0 Å². The van der Waals surface area contributed by atoms with E-state index in [1.807, 2.05) is 17.0 Å². The number of rotatable bonds is 1. The average molecular weight is 286 g/mol. The highest BCUT2D eigenvalue weighted by molar-refractivity contribution is 5.94. The lowest BCUT2D eigenvalue weighted by molar-refractivity contribution is -0.0113. The van der Waals surface area contributed by atoms with Crippen LogP contribution in [-0.2, 0) is 5.41 Å². The Kier molecular flexibility index (Phi) is 3.56. The van der Waals surface area contributed by atoms with Crippen molar-refractivity contribution in [1.82, 2.24) is 10.2 Å². The second kappa shape index (κ2) is 5.13. The third-order valence-electron chi connectivity index (χ3n) is 5.00. The molecule has 1 aromatic carbocycles. The average Bonchev–Trinajstić information content (AvgIpc) is 2.44. The van der Waals surface area contributed by atoms with Crippen molar-refractivity contribution in [3.05, 3.63) is 35.4 Å². The van der Waals surface area contributed by atoms with Crippen LogP contribution in [0.15, 0.2) is 24.3 Å². The van der Waals surface area contributed by atoms with Crippen LogP contribution in [0.5, 0.6) is 0 Å². The minimum Gasteiger partial charge on any atom is -0.337 e. The van der Waals surface area contributed by atoms with Crippen LogP contribution >= 0.6 is 0 Å². The Labute approximate surface area is 127 Å². The molecule has 0 aliphatic carbocycles. The SMILES string of the molecule is CC(C)(C)c1ccc(C(=O)N2CC3(CCNCC3)C2)cc1. The molecule has 2 heterocycles. The fraction of sp³-hybridized carbons (Fsp3) is 0.611. The number of piperidine rings is 1. The summed E-state index contributed by atoms with van der Waals surface area (Å²) in [6, 6.07) is 8.15. The highest BCUT2D eigenvalue weighted by Gasteiger charge is 2.45. The van der Waals surface area contributed by atoms with Gasteiger partial charge in [0.2, 0.25) is 0 Å². The van der Waals surface area contributed by atoms with E-state index >= 15 is 0 Å². The van der Waals surface area contributed by atoms with Crippen molar-refractivity contribution in [2.24, 2.45) is 5.41 Å². The molecule has 1 amide bonds.